The van der Waals surface area contributed by atoms with Crippen LogP contribution in [-0.2, 0) is 6.42 Å². The largest absolute Gasteiger partial charge is 0.508 e. The van der Waals surface area contributed by atoms with E-state index >= 15 is 0 Å². The molecule has 0 aromatic heterocycles. The zero-order chi connectivity index (χ0) is 13.4. The van der Waals surface area contributed by atoms with Crippen molar-refractivity contribution in [3.63, 3.8) is 0 Å². The third-order valence-corrected chi connectivity index (χ3v) is 4.84. The fraction of sp³-hybridized carbons (Fsp3) is 0.625. The Hall–Kier alpha value is -1.06. The molecule has 0 saturated carbocycles. The number of phenolic OH excluding ortho intramolecular Hbond substituents is 1. The SMILES string of the molecule is CC1CN(C2CCCc3ccc(O)cc32)CCN1C. The maximum absolute atomic E-state index is 9.77. The van der Waals surface area contributed by atoms with E-state index in [9.17, 15) is 5.11 Å². The van der Waals surface area contributed by atoms with Crippen molar-refractivity contribution in [1.29, 1.82) is 0 Å². The summed E-state index contributed by atoms with van der Waals surface area (Å²) in [6.45, 7) is 5.72. The van der Waals surface area contributed by atoms with Gasteiger partial charge in [0, 0.05) is 31.7 Å². The van der Waals surface area contributed by atoms with E-state index in [0.29, 0.717) is 17.8 Å². The van der Waals surface area contributed by atoms with E-state index < -0.39 is 0 Å². The van der Waals surface area contributed by atoms with Crippen LogP contribution in [0.3, 0.4) is 0 Å². The van der Waals surface area contributed by atoms with Gasteiger partial charge in [-0.05, 0) is 56.5 Å². The van der Waals surface area contributed by atoms with Crippen LogP contribution in [0.5, 0.6) is 5.75 Å². The standard InChI is InChI=1S/C16H24N2O/c1-12-11-18(9-8-17(12)2)16-5-3-4-13-6-7-14(19)10-15(13)16/h6-7,10,12,16,19H,3-5,8-9,11H2,1-2H3. The lowest BCUT2D eigenvalue weighted by Gasteiger charge is -2.43. The van der Waals surface area contributed by atoms with Crippen molar-refractivity contribution in [3.05, 3.63) is 29.3 Å². The van der Waals surface area contributed by atoms with Gasteiger partial charge in [0.15, 0.2) is 0 Å². The molecular formula is C16H24N2O. The topological polar surface area (TPSA) is 26.7 Å². The van der Waals surface area contributed by atoms with Crippen molar-refractivity contribution in [2.45, 2.75) is 38.3 Å². The van der Waals surface area contributed by atoms with Crippen LogP contribution in [0.1, 0.15) is 36.9 Å². The first-order valence-electron chi connectivity index (χ1n) is 7.41. The van der Waals surface area contributed by atoms with Gasteiger partial charge in [-0.1, -0.05) is 6.07 Å². The molecule has 0 radical (unpaired) electrons. The van der Waals surface area contributed by atoms with Crippen LogP contribution in [0.15, 0.2) is 18.2 Å². The minimum absolute atomic E-state index is 0.410. The Morgan fingerprint density at radius 2 is 2.11 bits per heavy atom. The molecule has 1 saturated heterocycles. The fourth-order valence-corrected chi connectivity index (χ4v) is 3.50. The van der Waals surface area contributed by atoms with Gasteiger partial charge in [-0.2, -0.15) is 0 Å². The second-order valence-electron chi connectivity index (χ2n) is 6.12. The van der Waals surface area contributed by atoms with Crippen molar-refractivity contribution >= 4 is 0 Å². The molecule has 1 heterocycles. The molecule has 0 amide bonds. The normalized spacial score (nSPS) is 29.2. The monoisotopic (exact) mass is 260 g/mol. The lowest BCUT2D eigenvalue weighted by atomic mass is 9.86. The Labute approximate surface area is 115 Å². The van der Waals surface area contributed by atoms with Gasteiger partial charge in [0.1, 0.15) is 5.75 Å². The summed E-state index contributed by atoms with van der Waals surface area (Å²) in [5, 5.41) is 9.77. The summed E-state index contributed by atoms with van der Waals surface area (Å²) in [5.74, 6) is 0.410. The average molecular weight is 260 g/mol. The first-order chi connectivity index (χ1) is 9.15. The second-order valence-corrected chi connectivity index (χ2v) is 6.12. The van der Waals surface area contributed by atoms with E-state index in [1.165, 1.54) is 24.0 Å². The number of rotatable bonds is 1. The molecule has 2 unspecified atom stereocenters. The Bertz CT molecular complexity index is 460. The van der Waals surface area contributed by atoms with E-state index in [4.69, 9.17) is 0 Å². The molecule has 1 fully saturated rings. The lowest BCUT2D eigenvalue weighted by Crippen LogP contribution is -2.51. The van der Waals surface area contributed by atoms with Crippen molar-refractivity contribution < 1.29 is 5.11 Å². The number of benzene rings is 1. The Balaban J connectivity index is 1.85. The van der Waals surface area contributed by atoms with E-state index in [1.54, 1.807) is 0 Å². The number of nitrogens with zero attached hydrogens (tertiary/aromatic N) is 2. The highest BCUT2D eigenvalue weighted by molar-refractivity contribution is 5.38. The van der Waals surface area contributed by atoms with Crippen molar-refractivity contribution in [3.8, 4) is 5.75 Å². The zero-order valence-electron chi connectivity index (χ0n) is 12.0. The Morgan fingerprint density at radius 1 is 1.26 bits per heavy atom. The summed E-state index contributed by atoms with van der Waals surface area (Å²) in [5.41, 5.74) is 2.80. The molecular weight excluding hydrogens is 236 g/mol. The number of fused-ring (bicyclic) bond motifs is 1. The summed E-state index contributed by atoms with van der Waals surface area (Å²) in [6, 6.07) is 7.05. The number of likely N-dealkylation sites (N-methyl/N-ethyl adjacent to an activating group) is 1. The van der Waals surface area contributed by atoms with Gasteiger partial charge < -0.3 is 10.0 Å². The van der Waals surface area contributed by atoms with Crippen LogP contribution >= 0.6 is 0 Å². The number of hydrogen-bond acceptors (Lipinski definition) is 3. The number of hydrogen-bond donors (Lipinski definition) is 1. The molecule has 1 N–H and O–H groups in total. The van der Waals surface area contributed by atoms with Crippen LogP contribution in [0, 0.1) is 0 Å². The molecule has 1 aliphatic carbocycles. The molecule has 1 aromatic rings. The van der Waals surface area contributed by atoms with Crippen LogP contribution in [-0.4, -0.2) is 47.6 Å². The molecule has 3 rings (SSSR count). The van der Waals surface area contributed by atoms with Crippen LogP contribution in [0.25, 0.3) is 0 Å². The summed E-state index contributed by atoms with van der Waals surface area (Å²) in [7, 11) is 2.21. The molecule has 0 spiro atoms. The van der Waals surface area contributed by atoms with Gasteiger partial charge in [0.25, 0.3) is 0 Å². The molecule has 3 nitrogen and oxygen atoms in total. The highest BCUT2D eigenvalue weighted by atomic mass is 16.3. The predicted octanol–water partition coefficient (Wildman–Crippen LogP) is 2.41. The molecule has 104 valence electrons. The van der Waals surface area contributed by atoms with Gasteiger partial charge in [0.05, 0.1) is 0 Å². The van der Waals surface area contributed by atoms with Gasteiger partial charge in [-0.15, -0.1) is 0 Å². The van der Waals surface area contributed by atoms with E-state index in [0.717, 1.165) is 26.1 Å². The minimum Gasteiger partial charge on any atom is -0.508 e. The third kappa shape index (κ3) is 2.49. The summed E-state index contributed by atoms with van der Waals surface area (Å²) in [4.78, 5) is 5.05. The van der Waals surface area contributed by atoms with Crippen molar-refractivity contribution in [2.24, 2.45) is 0 Å². The molecule has 1 aliphatic heterocycles. The summed E-state index contributed by atoms with van der Waals surface area (Å²) >= 11 is 0. The van der Waals surface area contributed by atoms with E-state index in [1.807, 2.05) is 12.1 Å². The molecule has 1 aromatic carbocycles. The molecule has 2 aliphatic rings. The molecule has 19 heavy (non-hydrogen) atoms. The first kappa shape index (κ1) is 12.9. The summed E-state index contributed by atoms with van der Waals surface area (Å²) in [6.07, 6.45) is 3.66. The van der Waals surface area contributed by atoms with Crippen LogP contribution < -0.4 is 0 Å². The maximum Gasteiger partial charge on any atom is 0.115 e. The van der Waals surface area contributed by atoms with Crippen molar-refractivity contribution in [1.82, 2.24) is 9.80 Å². The van der Waals surface area contributed by atoms with Gasteiger partial charge in [-0.25, -0.2) is 0 Å². The first-order valence-corrected chi connectivity index (χ1v) is 7.41. The molecule has 3 heteroatoms. The number of aryl methyl sites for hydroxylation is 1. The van der Waals surface area contributed by atoms with E-state index in [-0.39, 0.29) is 0 Å². The summed E-state index contributed by atoms with van der Waals surface area (Å²) < 4.78 is 0. The number of aromatic hydroxyl groups is 1. The third-order valence-electron chi connectivity index (χ3n) is 4.84. The quantitative estimate of drug-likeness (QED) is 0.840. The zero-order valence-corrected chi connectivity index (χ0v) is 12.0. The van der Waals surface area contributed by atoms with Gasteiger partial charge in [-0.3, -0.25) is 4.90 Å². The number of piperazine rings is 1. The Morgan fingerprint density at radius 3 is 2.89 bits per heavy atom. The lowest BCUT2D eigenvalue weighted by molar-refractivity contribution is 0.0650. The van der Waals surface area contributed by atoms with Crippen LogP contribution in [0.2, 0.25) is 0 Å². The second kappa shape index (κ2) is 5.14. The maximum atomic E-state index is 9.77. The minimum atomic E-state index is 0.410. The van der Waals surface area contributed by atoms with E-state index in [2.05, 4.69) is 29.8 Å². The van der Waals surface area contributed by atoms with Crippen LogP contribution in [0.4, 0.5) is 0 Å². The average Bonchev–Trinajstić information content (AvgIpc) is 2.41. The molecule has 2 atom stereocenters. The predicted molar refractivity (Wildman–Crippen MR) is 77.5 cm³/mol. The number of phenols is 1. The molecule has 0 bridgehead atoms. The van der Waals surface area contributed by atoms with Crippen molar-refractivity contribution in [2.75, 3.05) is 26.7 Å². The fourth-order valence-electron chi connectivity index (χ4n) is 3.50. The smallest absolute Gasteiger partial charge is 0.115 e. The highest BCUT2D eigenvalue weighted by Crippen LogP contribution is 2.36. The van der Waals surface area contributed by atoms with Gasteiger partial charge in [0.2, 0.25) is 0 Å². The Kier molecular flexibility index (Phi) is 3.50. The van der Waals surface area contributed by atoms with Gasteiger partial charge >= 0.3 is 0 Å². The highest BCUT2D eigenvalue weighted by Gasteiger charge is 2.30.